The number of amides is 1. The number of carbonyl (C=O) groups is 1. The van der Waals surface area contributed by atoms with Gasteiger partial charge < -0.3 is 5.32 Å². The second-order valence-corrected chi connectivity index (χ2v) is 10.2. The number of anilines is 1. The van der Waals surface area contributed by atoms with Crippen LogP contribution in [-0.4, -0.2) is 35.4 Å². The highest BCUT2D eigenvalue weighted by atomic mass is 32.2. The number of carbonyl (C=O) groups excluding carboxylic acids is 1. The van der Waals surface area contributed by atoms with Gasteiger partial charge in [-0.05, 0) is 71.9 Å². The molecule has 2 aliphatic rings. The summed E-state index contributed by atoms with van der Waals surface area (Å²) in [7, 11) is 0. The molecule has 1 saturated heterocycles. The fourth-order valence-corrected chi connectivity index (χ4v) is 5.49. The molecule has 3 aromatic carbocycles. The summed E-state index contributed by atoms with van der Waals surface area (Å²) in [4.78, 5) is 15.5. The van der Waals surface area contributed by atoms with Crippen molar-refractivity contribution < 1.29 is 4.79 Å². The van der Waals surface area contributed by atoms with Crippen LogP contribution in [0.4, 0.5) is 5.69 Å². The van der Waals surface area contributed by atoms with Crippen molar-refractivity contribution in [2.24, 2.45) is 0 Å². The number of thioether (sulfide) groups is 1. The Kier molecular flexibility index (Phi) is 6.65. The van der Waals surface area contributed by atoms with Gasteiger partial charge in [0.05, 0.1) is 0 Å². The van der Waals surface area contributed by atoms with Crippen LogP contribution in [-0.2, 0) is 17.8 Å². The molecule has 3 aromatic rings. The van der Waals surface area contributed by atoms with Gasteiger partial charge in [0, 0.05) is 42.4 Å². The van der Waals surface area contributed by atoms with Crippen molar-refractivity contribution in [3.8, 4) is 11.1 Å². The molecule has 1 amide bonds. The molecule has 1 aliphatic carbocycles. The average Bonchev–Trinajstić information content (AvgIpc) is 2.85. The van der Waals surface area contributed by atoms with E-state index in [9.17, 15) is 4.79 Å². The van der Waals surface area contributed by atoms with E-state index in [1.807, 2.05) is 23.9 Å². The Labute approximate surface area is 200 Å². The number of rotatable bonds is 5. The van der Waals surface area contributed by atoms with Crippen molar-refractivity contribution in [2.45, 2.75) is 26.3 Å². The van der Waals surface area contributed by atoms with Gasteiger partial charge in [0.1, 0.15) is 0 Å². The molecule has 0 aromatic heterocycles. The number of benzene rings is 3. The van der Waals surface area contributed by atoms with E-state index in [-0.39, 0.29) is 5.91 Å². The van der Waals surface area contributed by atoms with Crippen molar-refractivity contribution >= 4 is 29.4 Å². The van der Waals surface area contributed by atoms with Crippen molar-refractivity contribution in [3.63, 3.8) is 0 Å². The number of hydrogen-bond acceptors (Lipinski definition) is 3. The second kappa shape index (κ2) is 9.98. The SMILES string of the molecule is Cc1ccc(-c2ccc3c(c2)C=C(C(=O)Nc2ccc(CN4CCSCC4)cc2)CC3)cc1. The molecule has 0 spiro atoms. The topological polar surface area (TPSA) is 32.3 Å². The molecule has 168 valence electrons. The first-order chi connectivity index (χ1) is 16.1. The average molecular weight is 455 g/mol. The zero-order valence-corrected chi connectivity index (χ0v) is 20.0. The molecular weight excluding hydrogens is 424 g/mol. The maximum atomic E-state index is 13.0. The van der Waals surface area contributed by atoms with E-state index in [4.69, 9.17) is 0 Å². The lowest BCUT2D eigenvalue weighted by Gasteiger charge is -2.26. The lowest BCUT2D eigenvalue weighted by Crippen LogP contribution is -2.31. The summed E-state index contributed by atoms with van der Waals surface area (Å²) >= 11 is 2.03. The van der Waals surface area contributed by atoms with Gasteiger partial charge in [0.2, 0.25) is 0 Å². The Morgan fingerprint density at radius 1 is 0.909 bits per heavy atom. The van der Waals surface area contributed by atoms with Crippen LogP contribution < -0.4 is 5.32 Å². The third-order valence-corrected chi connectivity index (χ3v) is 7.48. The van der Waals surface area contributed by atoms with Gasteiger partial charge in [0.25, 0.3) is 5.91 Å². The predicted molar refractivity (Wildman–Crippen MR) is 141 cm³/mol. The Balaban J connectivity index is 1.26. The molecule has 0 unspecified atom stereocenters. The van der Waals surface area contributed by atoms with E-state index in [0.717, 1.165) is 49.3 Å². The third-order valence-electron chi connectivity index (χ3n) is 6.54. The van der Waals surface area contributed by atoms with Crippen molar-refractivity contribution in [3.05, 3.63) is 94.6 Å². The van der Waals surface area contributed by atoms with Crippen LogP contribution in [0.25, 0.3) is 17.2 Å². The molecule has 1 aliphatic heterocycles. The summed E-state index contributed by atoms with van der Waals surface area (Å²) in [5.74, 6) is 2.44. The molecule has 5 rings (SSSR count). The number of nitrogens with one attached hydrogen (secondary N) is 1. The van der Waals surface area contributed by atoms with Gasteiger partial charge in [0.15, 0.2) is 0 Å². The van der Waals surface area contributed by atoms with Crippen LogP contribution in [0.15, 0.2) is 72.3 Å². The molecule has 1 fully saturated rings. The van der Waals surface area contributed by atoms with Gasteiger partial charge >= 0.3 is 0 Å². The summed E-state index contributed by atoms with van der Waals surface area (Å²) in [5, 5.41) is 3.10. The highest BCUT2D eigenvalue weighted by molar-refractivity contribution is 7.99. The van der Waals surface area contributed by atoms with Crippen molar-refractivity contribution in [1.29, 1.82) is 0 Å². The Bertz CT molecular complexity index is 1160. The summed E-state index contributed by atoms with van der Waals surface area (Å²) in [6.07, 6.45) is 3.73. The molecule has 4 heteroatoms. The number of hydrogen-bond donors (Lipinski definition) is 1. The summed E-state index contributed by atoms with van der Waals surface area (Å²) in [6, 6.07) is 23.5. The van der Waals surface area contributed by atoms with Crippen LogP contribution >= 0.6 is 11.8 Å². The standard InChI is InChI=1S/C29H30N2OS/c1-21-2-6-23(7-3-21)25-10-8-24-9-11-26(19-27(24)18-25)29(32)30-28-12-4-22(5-13-28)20-31-14-16-33-17-15-31/h2-8,10,12-13,18-19H,9,11,14-17,20H2,1H3,(H,30,32). The third kappa shape index (κ3) is 5.40. The van der Waals surface area contributed by atoms with Crippen molar-refractivity contribution in [1.82, 2.24) is 4.90 Å². The minimum absolute atomic E-state index is 0.00203. The number of nitrogens with zero attached hydrogens (tertiary/aromatic N) is 1. The highest BCUT2D eigenvalue weighted by Crippen LogP contribution is 2.30. The maximum absolute atomic E-state index is 13.0. The van der Waals surface area contributed by atoms with Crippen LogP contribution in [0.3, 0.4) is 0 Å². The van der Waals surface area contributed by atoms with E-state index in [0.29, 0.717) is 0 Å². The first kappa shape index (κ1) is 22.0. The normalized spacial score (nSPS) is 16.1. The Hall–Kier alpha value is -2.82. The first-order valence-electron chi connectivity index (χ1n) is 11.7. The zero-order valence-electron chi connectivity index (χ0n) is 19.1. The minimum atomic E-state index is 0.00203. The van der Waals surface area contributed by atoms with Crippen LogP contribution in [0.2, 0.25) is 0 Å². The fraction of sp³-hybridized carbons (Fsp3) is 0.276. The van der Waals surface area contributed by atoms with E-state index in [2.05, 4.69) is 77.8 Å². The zero-order chi connectivity index (χ0) is 22.6. The smallest absolute Gasteiger partial charge is 0.251 e. The van der Waals surface area contributed by atoms with Gasteiger partial charge in [-0.25, -0.2) is 0 Å². The fourth-order valence-electron chi connectivity index (χ4n) is 4.51. The molecule has 3 nitrogen and oxygen atoms in total. The largest absolute Gasteiger partial charge is 0.322 e. The molecular formula is C29H30N2OS. The molecule has 0 atom stereocenters. The predicted octanol–water partition coefficient (Wildman–Crippen LogP) is 6.18. The summed E-state index contributed by atoms with van der Waals surface area (Å²) in [5.41, 5.74) is 9.12. The van der Waals surface area contributed by atoms with E-state index in [1.165, 1.54) is 39.3 Å². The second-order valence-electron chi connectivity index (χ2n) is 8.99. The lowest BCUT2D eigenvalue weighted by atomic mass is 9.89. The van der Waals surface area contributed by atoms with Gasteiger partial charge in [-0.3, -0.25) is 9.69 Å². The van der Waals surface area contributed by atoms with E-state index in [1.54, 1.807) is 0 Å². The van der Waals surface area contributed by atoms with Crippen LogP contribution in [0, 0.1) is 6.92 Å². The molecule has 0 bridgehead atoms. The quantitative estimate of drug-likeness (QED) is 0.500. The summed E-state index contributed by atoms with van der Waals surface area (Å²) in [6.45, 7) is 5.40. The van der Waals surface area contributed by atoms with Gasteiger partial charge in [-0.15, -0.1) is 0 Å². The van der Waals surface area contributed by atoms with E-state index < -0.39 is 0 Å². The van der Waals surface area contributed by atoms with Crippen molar-refractivity contribution in [2.75, 3.05) is 29.9 Å². The molecule has 1 heterocycles. The minimum Gasteiger partial charge on any atom is -0.322 e. The van der Waals surface area contributed by atoms with Gasteiger partial charge in [-0.1, -0.05) is 54.1 Å². The first-order valence-corrected chi connectivity index (χ1v) is 12.9. The lowest BCUT2D eigenvalue weighted by molar-refractivity contribution is -0.112. The maximum Gasteiger partial charge on any atom is 0.251 e. The Morgan fingerprint density at radius 2 is 1.64 bits per heavy atom. The number of aryl methyl sites for hydroxylation is 2. The van der Waals surface area contributed by atoms with E-state index >= 15 is 0 Å². The highest BCUT2D eigenvalue weighted by Gasteiger charge is 2.17. The number of fused-ring (bicyclic) bond motifs is 1. The molecule has 0 radical (unpaired) electrons. The van der Waals surface area contributed by atoms with Crippen LogP contribution in [0.1, 0.15) is 28.7 Å². The summed E-state index contributed by atoms with van der Waals surface area (Å²) < 4.78 is 0. The molecule has 0 saturated carbocycles. The molecule has 1 N–H and O–H groups in total. The monoisotopic (exact) mass is 454 g/mol. The molecule has 33 heavy (non-hydrogen) atoms. The van der Waals surface area contributed by atoms with Gasteiger partial charge in [-0.2, -0.15) is 11.8 Å². The van der Waals surface area contributed by atoms with Crippen LogP contribution in [0.5, 0.6) is 0 Å². The Morgan fingerprint density at radius 3 is 2.39 bits per heavy atom.